The molecular formula is C17H14N2O. The van der Waals surface area contributed by atoms with Gasteiger partial charge in [-0.2, -0.15) is 0 Å². The van der Waals surface area contributed by atoms with Gasteiger partial charge < -0.3 is 9.72 Å². The van der Waals surface area contributed by atoms with Crippen molar-refractivity contribution in [2.24, 2.45) is 0 Å². The number of aryl methyl sites for hydroxylation is 1. The fourth-order valence-electron chi connectivity index (χ4n) is 2.91. The van der Waals surface area contributed by atoms with E-state index in [0.29, 0.717) is 0 Å². The Morgan fingerprint density at radius 1 is 1.00 bits per heavy atom. The Kier molecular flexibility index (Phi) is 2.24. The lowest BCUT2D eigenvalue weighted by Crippen LogP contribution is -1.82. The zero-order valence-corrected chi connectivity index (χ0v) is 11.4. The number of hydrogen-bond acceptors (Lipinski definition) is 2. The molecule has 98 valence electrons. The Labute approximate surface area is 116 Å². The molecule has 0 unspecified atom stereocenters. The van der Waals surface area contributed by atoms with E-state index in [9.17, 15) is 0 Å². The SMILES string of the molecule is COc1ccc2[nH]c3c4cnccc4c(C)cc3c2c1. The number of benzene rings is 2. The van der Waals surface area contributed by atoms with E-state index >= 15 is 0 Å². The summed E-state index contributed by atoms with van der Waals surface area (Å²) in [5.41, 5.74) is 3.53. The van der Waals surface area contributed by atoms with Gasteiger partial charge in [0.1, 0.15) is 5.75 Å². The van der Waals surface area contributed by atoms with Crippen LogP contribution in [0, 0.1) is 6.92 Å². The average Bonchev–Trinajstić information content (AvgIpc) is 2.85. The van der Waals surface area contributed by atoms with Crippen LogP contribution in [0.3, 0.4) is 0 Å². The molecule has 0 spiro atoms. The summed E-state index contributed by atoms with van der Waals surface area (Å²) < 4.78 is 5.33. The molecule has 20 heavy (non-hydrogen) atoms. The third-order valence-electron chi connectivity index (χ3n) is 3.92. The van der Waals surface area contributed by atoms with Gasteiger partial charge in [-0.15, -0.1) is 0 Å². The van der Waals surface area contributed by atoms with Crippen LogP contribution in [0.1, 0.15) is 5.56 Å². The molecule has 0 radical (unpaired) electrons. The highest BCUT2D eigenvalue weighted by molar-refractivity contribution is 6.17. The number of pyridine rings is 1. The second-order valence-corrected chi connectivity index (χ2v) is 5.07. The number of nitrogens with one attached hydrogen (secondary N) is 1. The predicted molar refractivity (Wildman–Crippen MR) is 82.4 cm³/mol. The fraction of sp³-hybridized carbons (Fsp3) is 0.118. The lowest BCUT2D eigenvalue weighted by molar-refractivity contribution is 0.415. The molecule has 0 saturated carbocycles. The van der Waals surface area contributed by atoms with Crippen LogP contribution in [0.25, 0.3) is 32.6 Å². The molecule has 1 N–H and O–H groups in total. The molecule has 0 atom stereocenters. The van der Waals surface area contributed by atoms with Crippen LogP contribution in [-0.2, 0) is 0 Å². The first-order valence-electron chi connectivity index (χ1n) is 6.60. The summed E-state index contributed by atoms with van der Waals surface area (Å²) in [6.07, 6.45) is 3.77. The molecule has 0 saturated heterocycles. The van der Waals surface area contributed by atoms with Crippen molar-refractivity contribution in [3.8, 4) is 5.75 Å². The summed E-state index contributed by atoms with van der Waals surface area (Å²) in [6.45, 7) is 2.14. The first-order valence-corrected chi connectivity index (χ1v) is 6.60. The van der Waals surface area contributed by atoms with Gasteiger partial charge in [-0.1, -0.05) is 0 Å². The predicted octanol–water partition coefficient (Wildman–Crippen LogP) is 4.19. The van der Waals surface area contributed by atoms with Crippen molar-refractivity contribution in [2.45, 2.75) is 6.92 Å². The normalized spacial score (nSPS) is 11.5. The molecular weight excluding hydrogens is 248 g/mol. The van der Waals surface area contributed by atoms with Crippen molar-refractivity contribution in [1.29, 1.82) is 0 Å². The number of H-pyrrole nitrogens is 1. The molecule has 2 heterocycles. The summed E-state index contributed by atoms with van der Waals surface area (Å²) in [5.74, 6) is 0.877. The Morgan fingerprint density at radius 3 is 2.75 bits per heavy atom. The Morgan fingerprint density at radius 2 is 1.90 bits per heavy atom. The lowest BCUT2D eigenvalue weighted by atomic mass is 10.0. The zero-order valence-electron chi connectivity index (χ0n) is 11.4. The minimum atomic E-state index is 0.877. The van der Waals surface area contributed by atoms with Gasteiger partial charge in [0.15, 0.2) is 0 Å². The maximum Gasteiger partial charge on any atom is 0.119 e. The summed E-state index contributed by atoms with van der Waals surface area (Å²) >= 11 is 0. The molecule has 0 amide bonds. The number of aromatic nitrogens is 2. The minimum absolute atomic E-state index is 0.877. The maximum absolute atomic E-state index is 5.33. The third-order valence-corrected chi connectivity index (χ3v) is 3.92. The smallest absolute Gasteiger partial charge is 0.119 e. The molecule has 4 aromatic rings. The monoisotopic (exact) mass is 262 g/mol. The molecule has 0 aliphatic carbocycles. The van der Waals surface area contributed by atoms with Crippen LogP contribution in [0.5, 0.6) is 5.75 Å². The van der Waals surface area contributed by atoms with E-state index in [1.165, 1.54) is 21.7 Å². The summed E-state index contributed by atoms with van der Waals surface area (Å²) in [4.78, 5) is 7.77. The van der Waals surface area contributed by atoms with Gasteiger partial charge >= 0.3 is 0 Å². The standard InChI is InChI=1S/C17H14N2O/c1-10-7-14-13-8-11(20-2)3-4-16(13)19-17(14)15-9-18-6-5-12(10)15/h3-9,19H,1-2H3. The van der Waals surface area contributed by atoms with Crippen LogP contribution in [-0.4, -0.2) is 17.1 Å². The van der Waals surface area contributed by atoms with Crippen molar-refractivity contribution in [3.63, 3.8) is 0 Å². The summed E-state index contributed by atoms with van der Waals surface area (Å²) in [7, 11) is 1.70. The Balaban J connectivity index is 2.25. The van der Waals surface area contributed by atoms with Crippen molar-refractivity contribution >= 4 is 32.6 Å². The van der Waals surface area contributed by atoms with Crippen molar-refractivity contribution in [1.82, 2.24) is 9.97 Å². The highest BCUT2D eigenvalue weighted by Gasteiger charge is 2.10. The lowest BCUT2D eigenvalue weighted by Gasteiger charge is -2.03. The van der Waals surface area contributed by atoms with Crippen LogP contribution < -0.4 is 4.74 Å². The van der Waals surface area contributed by atoms with E-state index in [-0.39, 0.29) is 0 Å². The largest absolute Gasteiger partial charge is 0.497 e. The molecule has 4 rings (SSSR count). The van der Waals surface area contributed by atoms with Crippen LogP contribution >= 0.6 is 0 Å². The van der Waals surface area contributed by atoms with Gasteiger partial charge in [-0.05, 0) is 48.2 Å². The molecule has 0 fully saturated rings. The summed E-state index contributed by atoms with van der Waals surface area (Å²) in [5, 5.41) is 4.81. The molecule has 2 aromatic carbocycles. The van der Waals surface area contributed by atoms with Crippen LogP contribution in [0.15, 0.2) is 42.7 Å². The second kappa shape index (κ2) is 3.97. The van der Waals surface area contributed by atoms with E-state index in [4.69, 9.17) is 4.74 Å². The van der Waals surface area contributed by atoms with E-state index in [0.717, 1.165) is 22.2 Å². The third kappa shape index (κ3) is 1.43. The quantitative estimate of drug-likeness (QED) is 0.558. The molecule has 0 bridgehead atoms. The molecule has 0 aliphatic rings. The highest BCUT2D eigenvalue weighted by atomic mass is 16.5. The Bertz CT molecular complexity index is 953. The van der Waals surface area contributed by atoms with Crippen molar-refractivity contribution in [2.75, 3.05) is 7.11 Å². The van der Waals surface area contributed by atoms with Gasteiger partial charge in [0.2, 0.25) is 0 Å². The van der Waals surface area contributed by atoms with Crippen molar-refractivity contribution < 1.29 is 4.74 Å². The number of hydrogen-bond donors (Lipinski definition) is 1. The number of aromatic amines is 1. The Hall–Kier alpha value is -2.55. The van der Waals surface area contributed by atoms with Gasteiger partial charge in [0, 0.05) is 34.1 Å². The van der Waals surface area contributed by atoms with Crippen molar-refractivity contribution in [3.05, 3.63) is 48.3 Å². The molecule has 3 nitrogen and oxygen atoms in total. The van der Waals surface area contributed by atoms with E-state index in [2.05, 4.69) is 41.2 Å². The number of methoxy groups -OCH3 is 1. The molecule has 3 heteroatoms. The average molecular weight is 262 g/mol. The fourth-order valence-corrected chi connectivity index (χ4v) is 2.91. The molecule has 0 aliphatic heterocycles. The topological polar surface area (TPSA) is 37.9 Å². The maximum atomic E-state index is 5.33. The van der Waals surface area contributed by atoms with Gasteiger partial charge in [0.25, 0.3) is 0 Å². The number of fused-ring (bicyclic) bond motifs is 5. The first-order chi connectivity index (χ1) is 9.78. The van der Waals surface area contributed by atoms with Gasteiger partial charge in [0.05, 0.1) is 12.6 Å². The van der Waals surface area contributed by atoms with Crippen LogP contribution in [0.4, 0.5) is 0 Å². The summed E-state index contributed by atoms with van der Waals surface area (Å²) in [6, 6.07) is 10.4. The highest BCUT2D eigenvalue weighted by Crippen LogP contribution is 2.34. The first kappa shape index (κ1) is 11.3. The number of ether oxygens (including phenoxy) is 1. The number of rotatable bonds is 1. The number of nitrogens with zero attached hydrogens (tertiary/aromatic N) is 1. The zero-order chi connectivity index (χ0) is 13.7. The van der Waals surface area contributed by atoms with Crippen LogP contribution in [0.2, 0.25) is 0 Å². The van der Waals surface area contributed by atoms with E-state index in [1.807, 2.05) is 18.5 Å². The second-order valence-electron chi connectivity index (χ2n) is 5.07. The van der Waals surface area contributed by atoms with Gasteiger partial charge in [-0.3, -0.25) is 4.98 Å². The van der Waals surface area contributed by atoms with Gasteiger partial charge in [-0.25, -0.2) is 0 Å². The molecule has 2 aromatic heterocycles. The van der Waals surface area contributed by atoms with E-state index < -0.39 is 0 Å². The minimum Gasteiger partial charge on any atom is -0.497 e. The van der Waals surface area contributed by atoms with E-state index in [1.54, 1.807) is 7.11 Å².